The van der Waals surface area contributed by atoms with Gasteiger partial charge < -0.3 is 18.9 Å². The van der Waals surface area contributed by atoms with Gasteiger partial charge in [0, 0.05) is 27.4 Å². The monoisotopic (exact) mass is 368 g/mol. The van der Waals surface area contributed by atoms with Gasteiger partial charge in [0.1, 0.15) is 0 Å². The zero-order chi connectivity index (χ0) is 19.6. The number of rotatable bonds is 18. The van der Waals surface area contributed by atoms with E-state index in [4.69, 9.17) is 18.9 Å². The lowest BCUT2D eigenvalue weighted by Crippen LogP contribution is -1.91. The molecular weight excluding hydrogens is 328 g/mol. The van der Waals surface area contributed by atoms with Crippen LogP contribution in [0, 0.1) is 0 Å². The van der Waals surface area contributed by atoms with E-state index in [2.05, 4.69) is 13.2 Å². The van der Waals surface area contributed by atoms with Gasteiger partial charge in [0.05, 0.1) is 25.7 Å². The van der Waals surface area contributed by atoms with Crippen LogP contribution in [0.3, 0.4) is 0 Å². The zero-order valence-corrected chi connectivity index (χ0v) is 17.0. The molecule has 0 radical (unpaired) electrons. The lowest BCUT2D eigenvalue weighted by atomic mass is 10.2. The molecule has 0 atom stereocenters. The molecule has 0 aromatic heterocycles. The molecule has 0 saturated heterocycles. The molecule has 0 N–H and O–H groups in total. The molecule has 0 aliphatic carbocycles. The predicted molar refractivity (Wildman–Crippen MR) is 111 cm³/mol. The molecule has 0 spiro atoms. The number of ether oxygens (including phenoxy) is 4. The summed E-state index contributed by atoms with van der Waals surface area (Å²) in [5.74, 6) is 0. The maximum Gasteiger partial charge on any atom is 0.0873 e. The van der Waals surface area contributed by atoms with Crippen LogP contribution in [-0.2, 0) is 18.9 Å². The quantitative estimate of drug-likeness (QED) is 0.173. The zero-order valence-electron chi connectivity index (χ0n) is 17.0. The highest BCUT2D eigenvalue weighted by Crippen LogP contribution is 2.01. The van der Waals surface area contributed by atoms with Gasteiger partial charge in [-0.15, -0.1) is 0 Å². The maximum absolute atomic E-state index is 5.20. The van der Waals surface area contributed by atoms with Gasteiger partial charge in [-0.1, -0.05) is 38.2 Å². The smallest absolute Gasteiger partial charge is 0.0873 e. The first-order chi connectivity index (χ1) is 12.8. The van der Waals surface area contributed by atoms with E-state index >= 15 is 0 Å². The van der Waals surface area contributed by atoms with Gasteiger partial charge in [0.15, 0.2) is 0 Å². The molecule has 0 heterocycles. The largest absolute Gasteiger partial charge is 0.501 e. The van der Waals surface area contributed by atoms with Crippen molar-refractivity contribution in [3.05, 3.63) is 50.0 Å². The molecular formula is C22H40O4. The van der Waals surface area contributed by atoms with E-state index in [1.54, 1.807) is 51.0 Å². The molecule has 0 aliphatic rings. The fourth-order valence-corrected chi connectivity index (χ4v) is 1.93. The van der Waals surface area contributed by atoms with Crippen LogP contribution in [0.5, 0.6) is 0 Å². The van der Waals surface area contributed by atoms with Crippen LogP contribution in [0.1, 0.15) is 51.4 Å². The van der Waals surface area contributed by atoms with Gasteiger partial charge in [-0.2, -0.15) is 0 Å². The number of methoxy groups -OCH3 is 2. The van der Waals surface area contributed by atoms with Crippen LogP contribution in [0.15, 0.2) is 50.0 Å². The van der Waals surface area contributed by atoms with E-state index in [1.165, 1.54) is 25.7 Å². The van der Waals surface area contributed by atoms with Crippen molar-refractivity contribution in [2.45, 2.75) is 51.4 Å². The minimum atomic E-state index is 0.803. The van der Waals surface area contributed by atoms with Crippen molar-refractivity contribution in [2.24, 2.45) is 0 Å². The maximum atomic E-state index is 5.20. The summed E-state index contributed by atoms with van der Waals surface area (Å²) in [6, 6.07) is 0. The van der Waals surface area contributed by atoms with E-state index in [0.29, 0.717) is 0 Å². The third kappa shape index (κ3) is 30.4. The fraction of sp³-hybridized carbons (Fsp3) is 0.636. The third-order valence-corrected chi connectivity index (χ3v) is 3.34. The lowest BCUT2D eigenvalue weighted by molar-refractivity contribution is 0.189. The van der Waals surface area contributed by atoms with Crippen LogP contribution in [0.2, 0.25) is 0 Å². The number of unbranched alkanes of at least 4 members (excludes halogenated alkanes) is 6. The highest BCUT2D eigenvalue weighted by atomic mass is 16.5. The minimum Gasteiger partial charge on any atom is -0.501 e. The second-order valence-electron chi connectivity index (χ2n) is 5.68. The molecule has 0 amide bonds. The molecule has 4 nitrogen and oxygen atoms in total. The SMILES string of the molecule is C=CC=COCCCCCCOC.C=CC=COCCCCCCOC. The number of allylic oxidation sites excluding steroid dienone is 4. The summed E-state index contributed by atoms with van der Waals surface area (Å²) in [5.41, 5.74) is 0. The molecule has 0 rings (SSSR count). The Hall–Kier alpha value is -1.52. The average molecular weight is 369 g/mol. The topological polar surface area (TPSA) is 36.9 Å². The van der Waals surface area contributed by atoms with Crippen molar-refractivity contribution in [3.63, 3.8) is 0 Å². The van der Waals surface area contributed by atoms with Crippen LogP contribution in [-0.4, -0.2) is 40.6 Å². The summed E-state index contributed by atoms with van der Waals surface area (Å²) in [6.07, 6.45) is 19.8. The van der Waals surface area contributed by atoms with Gasteiger partial charge in [-0.05, 0) is 50.7 Å². The molecule has 152 valence electrons. The van der Waals surface area contributed by atoms with Gasteiger partial charge in [-0.25, -0.2) is 0 Å². The number of hydrogen-bond acceptors (Lipinski definition) is 4. The molecule has 0 fully saturated rings. The van der Waals surface area contributed by atoms with Crippen LogP contribution in [0.25, 0.3) is 0 Å². The number of hydrogen-bond donors (Lipinski definition) is 0. The van der Waals surface area contributed by atoms with Crippen LogP contribution < -0.4 is 0 Å². The Morgan fingerprint density at radius 3 is 1.19 bits per heavy atom. The predicted octanol–water partition coefficient (Wildman–Crippen LogP) is 5.82. The Kier molecular flexibility index (Phi) is 29.1. The van der Waals surface area contributed by atoms with Crippen molar-refractivity contribution in [3.8, 4) is 0 Å². The summed E-state index contributed by atoms with van der Waals surface area (Å²) in [5, 5.41) is 0. The van der Waals surface area contributed by atoms with E-state index < -0.39 is 0 Å². The van der Waals surface area contributed by atoms with Crippen molar-refractivity contribution < 1.29 is 18.9 Å². The molecule has 26 heavy (non-hydrogen) atoms. The van der Waals surface area contributed by atoms with E-state index in [-0.39, 0.29) is 0 Å². The molecule has 0 aromatic carbocycles. The van der Waals surface area contributed by atoms with Crippen molar-refractivity contribution in [1.82, 2.24) is 0 Å². The summed E-state index contributed by atoms with van der Waals surface area (Å²) < 4.78 is 20.3. The fourth-order valence-electron chi connectivity index (χ4n) is 1.93. The van der Waals surface area contributed by atoms with Crippen molar-refractivity contribution in [1.29, 1.82) is 0 Å². The second-order valence-corrected chi connectivity index (χ2v) is 5.68. The highest BCUT2D eigenvalue weighted by Gasteiger charge is 1.89. The normalized spacial score (nSPS) is 10.5. The second kappa shape index (κ2) is 28.3. The standard InChI is InChI=1S/2C11H20O2/c2*1-3-4-10-13-11-8-6-5-7-9-12-2/h2*3-4,10H,1,5-9,11H2,2H3. The molecule has 0 aliphatic heterocycles. The van der Waals surface area contributed by atoms with Gasteiger partial charge in [0.25, 0.3) is 0 Å². The molecule has 0 bridgehead atoms. The lowest BCUT2D eigenvalue weighted by Gasteiger charge is -2.00. The highest BCUT2D eigenvalue weighted by molar-refractivity contribution is 4.93. The summed E-state index contributed by atoms with van der Waals surface area (Å²) >= 11 is 0. The van der Waals surface area contributed by atoms with E-state index in [9.17, 15) is 0 Å². The van der Waals surface area contributed by atoms with Crippen LogP contribution >= 0.6 is 0 Å². The Morgan fingerprint density at radius 1 is 0.538 bits per heavy atom. The van der Waals surface area contributed by atoms with Crippen LogP contribution in [0.4, 0.5) is 0 Å². The first-order valence-electron chi connectivity index (χ1n) is 9.59. The van der Waals surface area contributed by atoms with E-state index in [1.807, 2.05) is 0 Å². The summed E-state index contributed by atoms with van der Waals surface area (Å²) in [4.78, 5) is 0. The molecule has 0 saturated carbocycles. The van der Waals surface area contributed by atoms with Gasteiger partial charge >= 0.3 is 0 Å². The molecule has 0 unspecified atom stereocenters. The Morgan fingerprint density at radius 2 is 0.885 bits per heavy atom. The first-order valence-corrected chi connectivity index (χ1v) is 9.59. The molecule has 0 aromatic rings. The van der Waals surface area contributed by atoms with Gasteiger partial charge in [-0.3, -0.25) is 0 Å². The van der Waals surface area contributed by atoms with Gasteiger partial charge in [0.2, 0.25) is 0 Å². The Bertz CT molecular complexity index is 292. The van der Waals surface area contributed by atoms with Crippen molar-refractivity contribution >= 4 is 0 Å². The Labute approximate surface area is 161 Å². The van der Waals surface area contributed by atoms with Crippen molar-refractivity contribution in [2.75, 3.05) is 40.6 Å². The summed E-state index contributed by atoms with van der Waals surface area (Å²) in [6.45, 7) is 10.4. The summed E-state index contributed by atoms with van der Waals surface area (Å²) in [7, 11) is 3.48. The van der Waals surface area contributed by atoms with E-state index in [0.717, 1.165) is 52.1 Å². The molecule has 4 heteroatoms. The first kappa shape index (κ1) is 26.7. The minimum absolute atomic E-state index is 0.803. The third-order valence-electron chi connectivity index (χ3n) is 3.34. The Balaban J connectivity index is 0. The average Bonchev–Trinajstić information content (AvgIpc) is 2.66.